The number of aldehydes is 1. The van der Waals surface area contributed by atoms with Gasteiger partial charge in [-0.2, -0.15) is 0 Å². The van der Waals surface area contributed by atoms with Gasteiger partial charge in [0, 0.05) is 11.8 Å². The normalized spacial score (nSPS) is 30.2. The van der Waals surface area contributed by atoms with Crippen LogP contribution in [0.5, 0.6) is 0 Å². The van der Waals surface area contributed by atoms with Crippen molar-refractivity contribution in [3.8, 4) is 0 Å². The highest BCUT2D eigenvalue weighted by molar-refractivity contribution is 6.58. The van der Waals surface area contributed by atoms with Crippen LogP contribution in [-0.2, 0) is 9.59 Å². The fourth-order valence-electron chi connectivity index (χ4n) is 2.18. The molecule has 72 valence electrons. The molecule has 0 spiro atoms. The molecule has 0 amide bonds. The molecule has 0 heterocycles. The van der Waals surface area contributed by atoms with Gasteiger partial charge in [0.25, 0.3) is 0 Å². The standard InChI is InChI=1S/C10H17BO2/c11-10(13)9-6-4-2-1-3-5-8(9)7-12/h7-9H,1-6,11H2. The number of rotatable bonds is 2. The lowest BCUT2D eigenvalue weighted by Crippen LogP contribution is -2.26. The summed E-state index contributed by atoms with van der Waals surface area (Å²) in [5, 5.41) is 0. The molecule has 3 heteroatoms. The number of carbonyl (C=O) groups excluding carboxylic acids is 2. The summed E-state index contributed by atoms with van der Waals surface area (Å²) in [6, 6.07) is 0. The van der Waals surface area contributed by atoms with Gasteiger partial charge in [-0.05, 0) is 12.8 Å². The molecule has 0 saturated heterocycles. The van der Waals surface area contributed by atoms with Crippen LogP contribution in [-0.4, -0.2) is 19.8 Å². The molecule has 1 aliphatic carbocycles. The van der Waals surface area contributed by atoms with Crippen LogP contribution < -0.4 is 0 Å². The summed E-state index contributed by atoms with van der Waals surface area (Å²) in [5.74, 6) is 0.00981. The number of hydrogen-bond acceptors (Lipinski definition) is 2. The molecule has 0 aromatic heterocycles. The van der Waals surface area contributed by atoms with Crippen LogP contribution in [0.1, 0.15) is 38.5 Å². The third-order valence-electron chi connectivity index (χ3n) is 3.02. The van der Waals surface area contributed by atoms with Crippen molar-refractivity contribution in [1.82, 2.24) is 0 Å². The molecule has 1 saturated carbocycles. The van der Waals surface area contributed by atoms with Gasteiger partial charge in [-0.1, -0.05) is 25.7 Å². The molecule has 0 bridgehead atoms. The molecule has 0 N–H and O–H groups in total. The average molecular weight is 180 g/mol. The maximum atomic E-state index is 11.3. The van der Waals surface area contributed by atoms with Crippen molar-refractivity contribution in [2.45, 2.75) is 38.5 Å². The van der Waals surface area contributed by atoms with E-state index in [1.54, 1.807) is 7.85 Å². The first kappa shape index (κ1) is 10.5. The van der Waals surface area contributed by atoms with Gasteiger partial charge >= 0.3 is 0 Å². The number of carbonyl (C=O) groups is 2. The van der Waals surface area contributed by atoms with Crippen LogP contribution in [0, 0.1) is 11.8 Å². The van der Waals surface area contributed by atoms with Crippen molar-refractivity contribution in [3.63, 3.8) is 0 Å². The summed E-state index contributed by atoms with van der Waals surface area (Å²) in [6.07, 6.45) is 7.45. The first-order valence-electron chi connectivity index (χ1n) is 5.21. The Kier molecular flexibility index (Phi) is 4.20. The van der Waals surface area contributed by atoms with Gasteiger partial charge < -0.3 is 9.59 Å². The summed E-state index contributed by atoms with van der Waals surface area (Å²) >= 11 is 0. The highest BCUT2D eigenvalue weighted by atomic mass is 16.1. The lowest BCUT2D eigenvalue weighted by atomic mass is 9.74. The van der Waals surface area contributed by atoms with Gasteiger partial charge in [0.1, 0.15) is 6.29 Å². The third kappa shape index (κ3) is 2.98. The Morgan fingerprint density at radius 3 is 2.31 bits per heavy atom. The van der Waals surface area contributed by atoms with E-state index in [9.17, 15) is 9.59 Å². The summed E-state index contributed by atoms with van der Waals surface area (Å²) in [6.45, 7) is 0. The molecule has 1 rings (SSSR count). The molecule has 2 atom stereocenters. The zero-order valence-corrected chi connectivity index (χ0v) is 8.29. The van der Waals surface area contributed by atoms with Crippen molar-refractivity contribution in [1.29, 1.82) is 0 Å². The van der Waals surface area contributed by atoms with Crippen LogP contribution in [0.3, 0.4) is 0 Å². The lowest BCUT2D eigenvalue weighted by molar-refractivity contribution is -0.122. The minimum Gasteiger partial charge on any atom is -0.312 e. The largest absolute Gasteiger partial charge is 0.312 e. The Balaban J connectivity index is 2.60. The molecule has 0 radical (unpaired) electrons. The van der Waals surface area contributed by atoms with Crippen LogP contribution in [0.25, 0.3) is 0 Å². The van der Waals surface area contributed by atoms with E-state index in [-0.39, 0.29) is 17.5 Å². The first-order chi connectivity index (χ1) is 6.25. The number of hydrogen-bond donors (Lipinski definition) is 0. The summed E-state index contributed by atoms with van der Waals surface area (Å²) in [4.78, 5) is 22.1. The monoisotopic (exact) mass is 180 g/mol. The van der Waals surface area contributed by atoms with E-state index in [0.717, 1.165) is 32.0 Å². The van der Waals surface area contributed by atoms with Gasteiger partial charge in [-0.25, -0.2) is 0 Å². The maximum Gasteiger partial charge on any atom is 0.187 e. The molecule has 1 fully saturated rings. The fraction of sp³-hybridized carbons (Fsp3) is 0.800. The highest BCUT2D eigenvalue weighted by Gasteiger charge is 2.25. The molecule has 0 aromatic carbocycles. The van der Waals surface area contributed by atoms with Crippen LogP contribution in [0.4, 0.5) is 0 Å². The summed E-state index contributed by atoms with van der Waals surface area (Å²) < 4.78 is 0. The minimum atomic E-state index is -0.00204. The van der Waals surface area contributed by atoms with Crippen LogP contribution >= 0.6 is 0 Å². The topological polar surface area (TPSA) is 34.1 Å². The molecule has 13 heavy (non-hydrogen) atoms. The van der Waals surface area contributed by atoms with Gasteiger partial charge in [-0.3, -0.25) is 0 Å². The van der Waals surface area contributed by atoms with E-state index in [0.29, 0.717) is 0 Å². The molecular weight excluding hydrogens is 163 g/mol. The smallest absolute Gasteiger partial charge is 0.187 e. The van der Waals surface area contributed by atoms with E-state index in [4.69, 9.17) is 0 Å². The quantitative estimate of drug-likeness (QED) is 0.468. The van der Waals surface area contributed by atoms with E-state index in [2.05, 4.69) is 0 Å². The van der Waals surface area contributed by atoms with E-state index in [1.165, 1.54) is 12.8 Å². The van der Waals surface area contributed by atoms with Crippen molar-refractivity contribution < 1.29 is 9.59 Å². The summed E-state index contributed by atoms with van der Waals surface area (Å²) in [7, 11) is 1.61. The third-order valence-corrected chi connectivity index (χ3v) is 3.02. The Bertz CT molecular complexity index is 191. The lowest BCUT2D eigenvalue weighted by Gasteiger charge is -2.23. The van der Waals surface area contributed by atoms with E-state index >= 15 is 0 Å². The highest BCUT2D eigenvalue weighted by Crippen LogP contribution is 2.26. The first-order valence-corrected chi connectivity index (χ1v) is 5.21. The van der Waals surface area contributed by atoms with Crippen molar-refractivity contribution in [2.75, 3.05) is 0 Å². The zero-order valence-electron chi connectivity index (χ0n) is 8.29. The second kappa shape index (κ2) is 5.20. The van der Waals surface area contributed by atoms with Crippen molar-refractivity contribution in [2.24, 2.45) is 11.8 Å². The summed E-state index contributed by atoms with van der Waals surface area (Å²) in [5.41, 5.74) is 0.194. The molecule has 2 nitrogen and oxygen atoms in total. The van der Waals surface area contributed by atoms with Crippen molar-refractivity contribution in [3.05, 3.63) is 0 Å². The Morgan fingerprint density at radius 1 is 1.15 bits per heavy atom. The second-order valence-electron chi connectivity index (χ2n) is 4.01. The average Bonchev–Trinajstić information content (AvgIpc) is 2.03. The predicted molar refractivity (Wildman–Crippen MR) is 54.3 cm³/mol. The van der Waals surface area contributed by atoms with E-state index < -0.39 is 0 Å². The van der Waals surface area contributed by atoms with Crippen molar-refractivity contribution >= 4 is 19.8 Å². The second-order valence-corrected chi connectivity index (χ2v) is 4.01. The molecule has 1 aliphatic rings. The molecular formula is C10H17BO2. The predicted octanol–water partition coefficient (Wildman–Crippen LogP) is 0.932. The Morgan fingerprint density at radius 2 is 1.77 bits per heavy atom. The maximum absolute atomic E-state index is 11.3. The van der Waals surface area contributed by atoms with Crippen LogP contribution in [0.2, 0.25) is 0 Å². The van der Waals surface area contributed by atoms with E-state index in [1.807, 2.05) is 0 Å². The van der Waals surface area contributed by atoms with Crippen LogP contribution in [0.15, 0.2) is 0 Å². The molecule has 0 aromatic rings. The van der Waals surface area contributed by atoms with Gasteiger partial charge in [0.05, 0.1) is 5.68 Å². The minimum absolute atomic E-state index is 0.00204. The van der Waals surface area contributed by atoms with Gasteiger partial charge in [-0.15, -0.1) is 0 Å². The zero-order chi connectivity index (χ0) is 9.68. The fourth-order valence-corrected chi connectivity index (χ4v) is 2.18. The Hall–Kier alpha value is -0.595. The SMILES string of the molecule is BC(=O)C1CCCCCCC1C=O. The van der Waals surface area contributed by atoms with Gasteiger partial charge in [0.2, 0.25) is 0 Å². The van der Waals surface area contributed by atoms with Gasteiger partial charge in [0.15, 0.2) is 7.85 Å². The molecule has 0 aliphatic heterocycles. The Labute approximate surface area is 80.5 Å². The molecule has 2 unspecified atom stereocenters.